The molecule has 2 aliphatic rings. The summed E-state index contributed by atoms with van der Waals surface area (Å²) in [4.78, 5) is 4.63. The van der Waals surface area contributed by atoms with Gasteiger partial charge in [-0.3, -0.25) is 4.98 Å². The fourth-order valence-electron chi connectivity index (χ4n) is 2.87. The second-order valence-electron chi connectivity index (χ2n) is 5.80. The smallest absolute Gasteiger partial charge is 0.106 e. The predicted molar refractivity (Wildman–Crippen MR) is 98.1 cm³/mol. The Bertz CT molecular complexity index is 941. The van der Waals surface area contributed by atoms with Crippen LogP contribution in [0.4, 0.5) is 0 Å². The van der Waals surface area contributed by atoms with Crippen molar-refractivity contribution in [3.63, 3.8) is 0 Å². The number of nitrogens with zero attached hydrogens (tertiary/aromatic N) is 3. The van der Waals surface area contributed by atoms with Gasteiger partial charge < -0.3 is 0 Å². The van der Waals surface area contributed by atoms with E-state index in [9.17, 15) is 0 Å². The highest BCUT2D eigenvalue weighted by molar-refractivity contribution is 5.84. The van der Waals surface area contributed by atoms with Crippen LogP contribution in [0.15, 0.2) is 83.6 Å². The fourth-order valence-corrected chi connectivity index (χ4v) is 2.87. The molecule has 1 aromatic carbocycles. The van der Waals surface area contributed by atoms with Crippen LogP contribution in [-0.4, -0.2) is 16.2 Å². The second kappa shape index (κ2) is 6.15. The Morgan fingerprint density at radius 2 is 2.08 bits per heavy atom. The number of hydrazone groups is 1. The number of hydrogen-bond donors (Lipinski definition) is 0. The van der Waals surface area contributed by atoms with E-state index >= 15 is 0 Å². The number of aromatic nitrogens is 1. The highest BCUT2D eigenvalue weighted by Crippen LogP contribution is 2.31. The Balaban J connectivity index is 1.81. The van der Waals surface area contributed by atoms with Crippen LogP contribution in [0.25, 0.3) is 16.8 Å². The zero-order valence-electron chi connectivity index (χ0n) is 13.5. The molecule has 3 heterocycles. The van der Waals surface area contributed by atoms with Gasteiger partial charge in [0.1, 0.15) is 5.70 Å². The summed E-state index contributed by atoms with van der Waals surface area (Å²) in [6.07, 6.45) is 12.7. The van der Waals surface area contributed by atoms with E-state index in [2.05, 4.69) is 59.1 Å². The van der Waals surface area contributed by atoms with Gasteiger partial charge in [0.2, 0.25) is 0 Å². The van der Waals surface area contributed by atoms with Crippen LogP contribution in [0.5, 0.6) is 0 Å². The average Bonchev–Trinajstić information content (AvgIpc) is 2.86. The Morgan fingerprint density at radius 1 is 1.12 bits per heavy atom. The van der Waals surface area contributed by atoms with Gasteiger partial charge in [0.05, 0.1) is 5.69 Å². The Labute approximate surface area is 141 Å². The van der Waals surface area contributed by atoms with Gasteiger partial charge in [0.15, 0.2) is 0 Å². The maximum Gasteiger partial charge on any atom is 0.106 e. The van der Waals surface area contributed by atoms with Crippen molar-refractivity contribution in [3.05, 3.63) is 89.6 Å². The van der Waals surface area contributed by atoms with Gasteiger partial charge in [-0.1, -0.05) is 35.6 Å². The van der Waals surface area contributed by atoms with Crippen molar-refractivity contribution in [2.45, 2.75) is 13.3 Å². The van der Waals surface area contributed by atoms with Crippen molar-refractivity contribution in [1.29, 1.82) is 0 Å². The molecule has 24 heavy (non-hydrogen) atoms. The predicted octanol–water partition coefficient (Wildman–Crippen LogP) is 4.70. The molecule has 0 saturated heterocycles. The SMILES string of the molecule is Cc1cccc(-c2ncccc2C2=CN3N=CCC=C=C3C=C2)c1. The zero-order valence-corrected chi connectivity index (χ0v) is 13.5. The minimum absolute atomic E-state index is 0.804. The van der Waals surface area contributed by atoms with Crippen LogP contribution in [0.1, 0.15) is 17.5 Å². The minimum Gasteiger partial charge on any atom is -0.256 e. The maximum absolute atomic E-state index is 4.63. The monoisotopic (exact) mass is 311 g/mol. The molecule has 0 bridgehead atoms. The third-order valence-corrected chi connectivity index (χ3v) is 4.02. The minimum atomic E-state index is 0.804. The van der Waals surface area contributed by atoms with E-state index in [1.54, 1.807) is 0 Å². The summed E-state index contributed by atoms with van der Waals surface area (Å²) in [6.45, 7) is 2.10. The zero-order chi connectivity index (χ0) is 16.4. The molecule has 0 aliphatic carbocycles. The van der Waals surface area contributed by atoms with E-state index in [1.165, 1.54) is 5.56 Å². The molecule has 0 spiro atoms. The van der Waals surface area contributed by atoms with Gasteiger partial charge >= 0.3 is 0 Å². The van der Waals surface area contributed by atoms with Crippen LogP contribution < -0.4 is 0 Å². The molecule has 2 aromatic rings. The lowest BCUT2D eigenvalue weighted by Crippen LogP contribution is -2.11. The molecule has 3 heteroatoms. The lowest BCUT2D eigenvalue weighted by molar-refractivity contribution is 0.517. The van der Waals surface area contributed by atoms with Gasteiger partial charge in [-0.15, -0.1) is 0 Å². The van der Waals surface area contributed by atoms with E-state index in [0.717, 1.165) is 34.5 Å². The molecule has 0 amide bonds. The van der Waals surface area contributed by atoms with Crippen LogP contribution in [0.2, 0.25) is 0 Å². The van der Waals surface area contributed by atoms with Crippen molar-refractivity contribution >= 4 is 11.8 Å². The van der Waals surface area contributed by atoms with Crippen LogP contribution in [-0.2, 0) is 0 Å². The maximum atomic E-state index is 4.63. The first-order valence-electron chi connectivity index (χ1n) is 8.00. The molecule has 3 nitrogen and oxygen atoms in total. The Kier molecular flexibility index (Phi) is 3.70. The van der Waals surface area contributed by atoms with Crippen molar-refractivity contribution in [2.24, 2.45) is 5.10 Å². The van der Waals surface area contributed by atoms with Crippen LogP contribution in [0.3, 0.4) is 0 Å². The average molecular weight is 311 g/mol. The number of aryl methyl sites for hydroxylation is 1. The molecule has 2 aliphatic heterocycles. The van der Waals surface area contributed by atoms with E-state index < -0.39 is 0 Å². The number of fused-ring (bicyclic) bond motifs is 1. The van der Waals surface area contributed by atoms with E-state index in [1.807, 2.05) is 41.8 Å². The third kappa shape index (κ3) is 2.73. The van der Waals surface area contributed by atoms with Crippen LogP contribution >= 0.6 is 0 Å². The van der Waals surface area contributed by atoms with Gasteiger partial charge in [0, 0.05) is 41.7 Å². The normalized spacial score (nSPS) is 15.6. The first-order chi connectivity index (χ1) is 11.8. The summed E-state index contributed by atoms with van der Waals surface area (Å²) in [7, 11) is 0. The molecule has 0 unspecified atom stereocenters. The van der Waals surface area contributed by atoms with Gasteiger partial charge in [-0.25, -0.2) is 5.01 Å². The first-order valence-corrected chi connectivity index (χ1v) is 8.00. The highest BCUT2D eigenvalue weighted by Gasteiger charge is 2.15. The van der Waals surface area contributed by atoms with Gasteiger partial charge in [-0.2, -0.15) is 5.10 Å². The summed E-state index contributed by atoms with van der Waals surface area (Å²) in [5, 5.41) is 6.33. The highest BCUT2D eigenvalue weighted by atomic mass is 15.4. The molecule has 0 radical (unpaired) electrons. The number of rotatable bonds is 2. The van der Waals surface area contributed by atoms with Crippen molar-refractivity contribution in [1.82, 2.24) is 9.99 Å². The summed E-state index contributed by atoms with van der Waals surface area (Å²) in [5.74, 6) is 0. The first kappa shape index (κ1) is 14.4. The van der Waals surface area contributed by atoms with E-state index in [0.29, 0.717) is 0 Å². The Morgan fingerprint density at radius 3 is 3.00 bits per heavy atom. The van der Waals surface area contributed by atoms with Crippen molar-refractivity contribution in [2.75, 3.05) is 0 Å². The molecule has 1 aromatic heterocycles. The standard InChI is InChI=1S/C21H17N3/c1-16-6-4-7-17(14-16)21-20(9-5-12-22-21)18-10-11-19-8-2-3-13-23-24(19)15-18/h2,4-7,9-15H,3H2,1H3. The third-order valence-electron chi connectivity index (χ3n) is 4.02. The quantitative estimate of drug-likeness (QED) is 0.752. The van der Waals surface area contributed by atoms with E-state index in [-0.39, 0.29) is 0 Å². The van der Waals surface area contributed by atoms with Crippen molar-refractivity contribution < 1.29 is 0 Å². The molecule has 0 atom stereocenters. The number of benzene rings is 1. The largest absolute Gasteiger partial charge is 0.256 e. The summed E-state index contributed by atoms with van der Waals surface area (Å²) in [5.41, 5.74) is 9.73. The topological polar surface area (TPSA) is 28.5 Å². The molecular formula is C21H17N3. The lowest BCUT2D eigenvalue weighted by Gasteiger charge is -2.20. The fraction of sp³-hybridized carbons (Fsp3) is 0.0952. The number of hydrogen-bond acceptors (Lipinski definition) is 3. The number of allylic oxidation sites excluding steroid dienone is 3. The van der Waals surface area contributed by atoms with Crippen LogP contribution in [0, 0.1) is 6.92 Å². The molecule has 4 rings (SSSR count). The molecule has 0 saturated carbocycles. The number of pyridine rings is 1. The summed E-state index contributed by atoms with van der Waals surface area (Å²) >= 11 is 0. The molecule has 0 N–H and O–H groups in total. The molecular weight excluding hydrogens is 294 g/mol. The summed E-state index contributed by atoms with van der Waals surface area (Å²) < 4.78 is 0. The lowest BCUT2D eigenvalue weighted by atomic mass is 9.97. The van der Waals surface area contributed by atoms with E-state index in [4.69, 9.17) is 0 Å². The second-order valence-corrected chi connectivity index (χ2v) is 5.80. The molecule has 116 valence electrons. The molecule has 0 fully saturated rings. The van der Waals surface area contributed by atoms with Gasteiger partial charge in [0.25, 0.3) is 0 Å². The van der Waals surface area contributed by atoms with Crippen molar-refractivity contribution in [3.8, 4) is 11.3 Å². The van der Waals surface area contributed by atoms with Gasteiger partial charge in [-0.05, 0) is 37.3 Å². The summed E-state index contributed by atoms with van der Waals surface area (Å²) in [6, 6.07) is 12.5. The Hall–Kier alpha value is -3.16.